The Kier molecular flexibility index (Phi) is 6.77. The van der Waals surface area contributed by atoms with Crippen molar-refractivity contribution in [3.8, 4) is 11.5 Å². The summed E-state index contributed by atoms with van der Waals surface area (Å²) in [6, 6.07) is 2.90. The number of carbonyl (C=O) groups is 1. The van der Waals surface area contributed by atoms with Crippen LogP contribution in [0, 0.1) is 0 Å². The Morgan fingerprint density at radius 2 is 1.58 bits per heavy atom. The molecule has 0 aliphatic rings. The van der Waals surface area contributed by atoms with E-state index in [1.165, 1.54) is 31.7 Å². The molecule has 1 rings (SSSR count). The summed E-state index contributed by atoms with van der Waals surface area (Å²) < 4.78 is 98.7. The number of nitrogens with one attached hydrogen (secondary N) is 1. The summed E-state index contributed by atoms with van der Waals surface area (Å²) >= 11 is 3.18. The highest BCUT2D eigenvalue weighted by atomic mass is 79.9. The van der Waals surface area contributed by atoms with Gasteiger partial charge in [-0.05, 0) is 40.0 Å². The van der Waals surface area contributed by atoms with Crippen molar-refractivity contribution < 1.29 is 45.0 Å². The van der Waals surface area contributed by atoms with Crippen molar-refractivity contribution >= 4 is 21.8 Å². The van der Waals surface area contributed by atoms with Crippen molar-refractivity contribution in [3.63, 3.8) is 0 Å². The van der Waals surface area contributed by atoms with E-state index in [2.05, 4.69) is 15.9 Å². The van der Waals surface area contributed by atoms with E-state index in [1.54, 1.807) is 0 Å². The van der Waals surface area contributed by atoms with Gasteiger partial charge in [-0.1, -0.05) is 0 Å². The van der Waals surface area contributed by atoms with Crippen molar-refractivity contribution in [3.05, 3.63) is 22.2 Å². The molecule has 12 heteroatoms. The molecular weight excluding hydrogens is 443 g/mol. The van der Waals surface area contributed by atoms with Gasteiger partial charge in [-0.3, -0.25) is 4.79 Å². The number of methoxy groups -OCH3 is 2. The molecule has 0 heterocycles. The lowest BCUT2D eigenvalue weighted by molar-refractivity contribution is -0.344. The van der Waals surface area contributed by atoms with E-state index < -0.39 is 30.5 Å². The van der Waals surface area contributed by atoms with Crippen LogP contribution in [0.2, 0.25) is 0 Å². The average Bonchev–Trinajstić information content (AvgIpc) is 2.54. The van der Waals surface area contributed by atoms with Gasteiger partial charge in [-0.2, -0.15) is 30.7 Å². The van der Waals surface area contributed by atoms with Gasteiger partial charge < -0.3 is 14.8 Å². The Hall–Kier alpha value is -1.72. The van der Waals surface area contributed by atoms with E-state index in [0.717, 1.165) is 0 Å². The number of hydrogen-bond acceptors (Lipinski definition) is 3. The van der Waals surface area contributed by atoms with Crippen LogP contribution in [0.5, 0.6) is 11.5 Å². The number of rotatable bonds is 7. The lowest BCUT2D eigenvalue weighted by atomic mass is 10.1. The first-order valence-corrected chi connectivity index (χ1v) is 7.60. The lowest BCUT2D eigenvalue weighted by Gasteiger charge is -2.27. The summed E-state index contributed by atoms with van der Waals surface area (Å²) in [7, 11) is 2.65. The zero-order chi connectivity index (χ0) is 20.3. The van der Waals surface area contributed by atoms with Crippen LogP contribution < -0.4 is 14.8 Å². The minimum Gasteiger partial charge on any atom is -0.496 e. The predicted octanol–water partition coefficient (Wildman–Crippen LogP) is 3.96. The van der Waals surface area contributed by atoms with E-state index >= 15 is 0 Å². The van der Waals surface area contributed by atoms with Crippen LogP contribution in [0.3, 0.4) is 0 Å². The van der Waals surface area contributed by atoms with E-state index in [-0.39, 0.29) is 12.2 Å². The fraction of sp³-hybridized carbons (Fsp3) is 0.500. The Morgan fingerprint density at radius 1 is 1.04 bits per heavy atom. The first-order valence-electron chi connectivity index (χ1n) is 6.80. The standard InChI is InChI=1S/C14H13BrF7NO3/c1-25-9-6-8(15)10(26-2)5-7(9)3-4-23-11(24)12(16,17)13(18,19)14(20,21)22/h5-6H,3-4H2,1-2H3,(H,23,24). The van der Waals surface area contributed by atoms with Crippen LogP contribution in [0.25, 0.3) is 0 Å². The fourth-order valence-corrected chi connectivity index (χ4v) is 2.35. The molecule has 26 heavy (non-hydrogen) atoms. The maximum absolute atomic E-state index is 13.2. The number of benzene rings is 1. The van der Waals surface area contributed by atoms with E-state index in [9.17, 15) is 35.5 Å². The number of alkyl halides is 7. The van der Waals surface area contributed by atoms with Gasteiger partial charge in [-0.25, -0.2) is 0 Å². The minimum atomic E-state index is -6.57. The van der Waals surface area contributed by atoms with E-state index in [0.29, 0.717) is 15.8 Å². The third-order valence-electron chi connectivity index (χ3n) is 3.27. The molecule has 0 atom stereocenters. The summed E-state index contributed by atoms with van der Waals surface area (Å²) in [5.74, 6) is -14.6. The molecule has 0 saturated carbocycles. The van der Waals surface area contributed by atoms with Crippen molar-refractivity contribution in [2.45, 2.75) is 24.4 Å². The topological polar surface area (TPSA) is 47.6 Å². The van der Waals surface area contributed by atoms with E-state index in [4.69, 9.17) is 9.47 Å². The van der Waals surface area contributed by atoms with Gasteiger partial charge in [0, 0.05) is 6.54 Å². The predicted molar refractivity (Wildman–Crippen MR) is 79.9 cm³/mol. The second kappa shape index (κ2) is 7.89. The molecule has 0 aliphatic heterocycles. The molecule has 0 spiro atoms. The highest BCUT2D eigenvalue weighted by Crippen LogP contribution is 2.46. The molecule has 0 fully saturated rings. The Morgan fingerprint density at radius 3 is 2.04 bits per heavy atom. The smallest absolute Gasteiger partial charge is 0.460 e. The van der Waals surface area contributed by atoms with Crippen LogP contribution in [0.15, 0.2) is 16.6 Å². The van der Waals surface area contributed by atoms with Crippen LogP contribution in [0.4, 0.5) is 30.7 Å². The highest BCUT2D eigenvalue weighted by molar-refractivity contribution is 9.10. The molecule has 1 N–H and O–H groups in total. The SMILES string of the molecule is COc1cc(CCNC(=O)C(F)(F)C(F)(F)C(F)(F)F)c(OC)cc1Br. The quantitative estimate of drug-likeness (QED) is 0.633. The van der Waals surface area contributed by atoms with Crippen LogP contribution in [0.1, 0.15) is 5.56 Å². The summed E-state index contributed by atoms with van der Waals surface area (Å²) in [5, 5.41) is 1.38. The summed E-state index contributed by atoms with van der Waals surface area (Å²) in [6.07, 6.45) is -6.76. The molecule has 4 nitrogen and oxygen atoms in total. The monoisotopic (exact) mass is 455 g/mol. The lowest BCUT2D eigenvalue weighted by Crippen LogP contribution is -2.59. The van der Waals surface area contributed by atoms with Gasteiger partial charge in [0.05, 0.1) is 18.7 Å². The molecule has 148 valence electrons. The first kappa shape index (κ1) is 22.3. The maximum atomic E-state index is 13.2. The molecule has 1 amide bonds. The summed E-state index contributed by atoms with van der Waals surface area (Å²) in [6.45, 7) is -0.635. The van der Waals surface area contributed by atoms with Crippen molar-refractivity contribution in [1.82, 2.24) is 5.32 Å². The maximum Gasteiger partial charge on any atom is 0.460 e. The Labute approximate surface area is 151 Å². The molecular formula is C14H13BrF7NO3. The number of halogens is 8. The van der Waals surface area contributed by atoms with Gasteiger partial charge in [0.2, 0.25) is 0 Å². The van der Waals surface area contributed by atoms with Gasteiger partial charge in [0.25, 0.3) is 5.91 Å². The molecule has 0 bridgehead atoms. The van der Waals surface area contributed by atoms with Gasteiger partial charge in [-0.15, -0.1) is 0 Å². The van der Waals surface area contributed by atoms with Crippen LogP contribution >= 0.6 is 15.9 Å². The van der Waals surface area contributed by atoms with Crippen molar-refractivity contribution in [2.75, 3.05) is 20.8 Å². The van der Waals surface area contributed by atoms with Gasteiger partial charge >= 0.3 is 18.0 Å². The Balaban J connectivity index is 2.87. The molecule has 0 aliphatic carbocycles. The zero-order valence-electron chi connectivity index (χ0n) is 13.3. The molecule has 1 aromatic rings. The fourth-order valence-electron chi connectivity index (χ4n) is 1.86. The summed E-state index contributed by atoms with van der Waals surface area (Å²) in [4.78, 5) is 11.2. The molecule has 0 unspecified atom stereocenters. The van der Waals surface area contributed by atoms with Crippen LogP contribution in [-0.4, -0.2) is 44.7 Å². The molecule has 0 aromatic heterocycles. The number of ether oxygens (including phenoxy) is 2. The third kappa shape index (κ3) is 4.33. The minimum absolute atomic E-state index is 0.188. The van der Waals surface area contributed by atoms with Gasteiger partial charge in [0.1, 0.15) is 11.5 Å². The first-order chi connectivity index (χ1) is 11.8. The Bertz CT molecular complexity index is 665. The van der Waals surface area contributed by atoms with E-state index in [1.807, 2.05) is 0 Å². The third-order valence-corrected chi connectivity index (χ3v) is 3.89. The number of carbonyl (C=O) groups excluding carboxylic acids is 1. The average molecular weight is 456 g/mol. The second-order valence-electron chi connectivity index (χ2n) is 4.95. The highest BCUT2D eigenvalue weighted by Gasteiger charge is 2.76. The normalized spacial score (nSPS) is 12.7. The number of hydrogen-bond donors (Lipinski definition) is 1. The summed E-state index contributed by atoms with van der Waals surface area (Å²) in [5.41, 5.74) is 0.346. The zero-order valence-corrected chi connectivity index (χ0v) is 14.9. The van der Waals surface area contributed by atoms with Crippen molar-refractivity contribution in [2.24, 2.45) is 0 Å². The molecule has 1 aromatic carbocycles. The molecule has 0 saturated heterocycles. The molecule has 0 radical (unpaired) electrons. The van der Waals surface area contributed by atoms with Crippen LogP contribution in [-0.2, 0) is 11.2 Å². The van der Waals surface area contributed by atoms with Crippen molar-refractivity contribution in [1.29, 1.82) is 0 Å². The second-order valence-corrected chi connectivity index (χ2v) is 5.81. The van der Waals surface area contributed by atoms with Gasteiger partial charge in [0.15, 0.2) is 0 Å². The largest absolute Gasteiger partial charge is 0.496 e. The number of amides is 1.